The molecule has 0 spiro atoms. The van der Waals surface area contributed by atoms with Crippen molar-refractivity contribution in [1.82, 2.24) is 4.90 Å². The van der Waals surface area contributed by atoms with Crippen LogP contribution in [0.4, 0.5) is 0 Å². The van der Waals surface area contributed by atoms with E-state index in [1.165, 1.54) is 63.9 Å². The maximum atomic E-state index is 11.2. The van der Waals surface area contributed by atoms with Gasteiger partial charge >= 0.3 is 0 Å². The molecule has 1 rings (SSSR count). The fourth-order valence-corrected chi connectivity index (χ4v) is 4.43. The van der Waals surface area contributed by atoms with Gasteiger partial charge in [0.05, 0.1) is 24.7 Å². The number of hydrogen-bond acceptors (Lipinski definition) is 7. The van der Waals surface area contributed by atoms with Gasteiger partial charge < -0.3 is 19.9 Å². The summed E-state index contributed by atoms with van der Waals surface area (Å²) in [5.41, 5.74) is 0.665. The molecule has 0 radical (unpaired) electrons. The summed E-state index contributed by atoms with van der Waals surface area (Å²) in [7, 11) is -4.35. The van der Waals surface area contributed by atoms with Crippen LogP contribution in [0.25, 0.3) is 0 Å². The molecule has 0 atom stereocenters. The first-order chi connectivity index (χ1) is 15.9. The highest BCUT2D eigenvalue weighted by atomic mass is 32.2. The molecule has 33 heavy (non-hydrogen) atoms. The second-order valence-electron chi connectivity index (χ2n) is 8.36. The van der Waals surface area contributed by atoms with Gasteiger partial charge in [0.15, 0.2) is 0 Å². The van der Waals surface area contributed by atoms with Crippen molar-refractivity contribution >= 4 is 10.1 Å². The molecular weight excluding hydrogens is 442 g/mol. The van der Waals surface area contributed by atoms with Crippen molar-refractivity contribution < 1.29 is 28.3 Å². The standard InChI is InChI=1S/C19H32O3S.C6H15NO3/c1-2-3-4-5-6-7-8-9-10-11-12-15-18-16-13-14-17-19(18)23(20,21)22;8-4-1-7(2-5-9)3-6-10/h13-14,16-17H,2-12,15H2,1H3,(H,20,21,22);8-10H,1-6H2/p-1. The summed E-state index contributed by atoms with van der Waals surface area (Å²) in [6.07, 6.45) is 14.6. The third kappa shape index (κ3) is 18.0. The Hall–Kier alpha value is -1.03. The first-order valence-electron chi connectivity index (χ1n) is 12.5. The summed E-state index contributed by atoms with van der Waals surface area (Å²) in [4.78, 5) is 1.74. The summed E-state index contributed by atoms with van der Waals surface area (Å²) >= 11 is 0. The predicted molar refractivity (Wildman–Crippen MR) is 132 cm³/mol. The summed E-state index contributed by atoms with van der Waals surface area (Å²) in [6, 6.07) is 6.56. The third-order valence-corrected chi connectivity index (χ3v) is 6.48. The molecule has 8 heteroatoms. The molecule has 0 saturated heterocycles. The van der Waals surface area contributed by atoms with Crippen molar-refractivity contribution in [3.63, 3.8) is 0 Å². The van der Waals surface area contributed by atoms with Crippen molar-refractivity contribution in [1.29, 1.82) is 0 Å². The molecule has 7 nitrogen and oxygen atoms in total. The zero-order chi connectivity index (χ0) is 24.8. The number of benzene rings is 1. The van der Waals surface area contributed by atoms with Crippen LogP contribution in [0, 0.1) is 0 Å². The lowest BCUT2D eigenvalue weighted by molar-refractivity contribution is 0.136. The van der Waals surface area contributed by atoms with Crippen LogP contribution >= 0.6 is 0 Å². The number of rotatable bonds is 19. The summed E-state index contributed by atoms with van der Waals surface area (Å²) < 4.78 is 33.6. The monoisotopic (exact) mass is 488 g/mol. The maximum Gasteiger partial charge on any atom is 0.124 e. The Labute approximate surface area is 201 Å². The van der Waals surface area contributed by atoms with Crippen molar-refractivity contribution in [3.8, 4) is 0 Å². The SMILES string of the molecule is CCCCCCCCCCCCCc1ccccc1S(=O)(=O)[O-].OCCN(CCO)CCO. The summed E-state index contributed by atoms with van der Waals surface area (Å²) in [5.74, 6) is 0. The normalized spacial score (nSPS) is 11.5. The number of hydrogen-bond donors (Lipinski definition) is 3. The molecule has 0 aliphatic rings. The number of aliphatic hydroxyl groups is 3. The molecule has 0 aromatic heterocycles. The fourth-order valence-electron chi connectivity index (χ4n) is 3.69. The number of unbranched alkanes of at least 4 members (excludes halogenated alkanes) is 10. The van der Waals surface area contributed by atoms with Crippen LogP contribution in [0.15, 0.2) is 29.2 Å². The number of nitrogens with zero attached hydrogens (tertiary/aromatic N) is 1. The van der Waals surface area contributed by atoms with Crippen LogP contribution in [-0.4, -0.2) is 72.6 Å². The molecule has 0 heterocycles. The minimum absolute atomic E-state index is 0.0490. The van der Waals surface area contributed by atoms with Crippen molar-refractivity contribution in [2.24, 2.45) is 0 Å². The van der Waals surface area contributed by atoms with Crippen LogP contribution in [0.1, 0.15) is 83.1 Å². The first kappa shape index (κ1) is 32.0. The van der Waals surface area contributed by atoms with Crippen LogP contribution in [0.3, 0.4) is 0 Å². The fraction of sp³-hybridized carbons (Fsp3) is 0.760. The molecule has 0 aliphatic heterocycles. The maximum absolute atomic E-state index is 11.2. The van der Waals surface area contributed by atoms with Gasteiger partial charge in [-0.3, -0.25) is 4.90 Å². The molecule has 0 amide bonds. The minimum atomic E-state index is -4.35. The number of aryl methyl sites for hydroxylation is 1. The quantitative estimate of drug-likeness (QED) is 0.200. The molecule has 3 N–H and O–H groups in total. The van der Waals surface area contributed by atoms with Gasteiger partial charge in [-0.05, 0) is 24.5 Å². The van der Waals surface area contributed by atoms with Gasteiger partial charge in [-0.15, -0.1) is 0 Å². The van der Waals surface area contributed by atoms with E-state index in [9.17, 15) is 13.0 Å². The average molecular weight is 489 g/mol. The van der Waals surface area contributed by atoms with E-state index in [-0.39, 0.29) is 24.7 Å². The van der Waals surface area contributed by atoms with Crippen LogP contribution in [0.5, 0.6) is 0 Å². The molecule has 0 saturated carbocycles. The number of aliphatic hydroxyl groups excluding tert-OH is 3. The molecular formula is C25H46NO6S-. The van der Waals surface area contributed by atoms with Crippen molar-refractivity contribution in [2.45, 2.75) is 88.9 Å². The van der Waals surface area contributed by atoms with E-state index in [0.717, 1.165) is 12.8 Å². The van der Waals surface area contributed by atoms with Gasteiger partial charge in [0.25, 0.3) is 0 Å². The molecule has 0 bridgehead atoms. The third-order valence-electron chi connectivity index (χ3n) is 5.54. The minimum Gasteiger partial charge on any atom is -0.744 e. The Morgan fingerprint density at radius 3 is 1.58 bits per heavy atom. The van der Waals surface area contributed by atoms with Crippen molar-refractivity contribution in [2.75, 3.05) is 39.5 Å². The second-order valence-corrected chi connectivity index (χ2v) is 9.71. The van der Waals surface area contributed by atoms with Gasteiger partial charge in [-0.1, -0.05) is 89.3 Å². The second kappa shape index (κ2) is 21.5. The Kier molecular flexibility index (Phi) is 20.8. The Balaban J connectivity index is 0.000000861. The molecule has 0 aliphatic carbocycles. The molecule has 0 unspecified atom stereocenters. The highest BCUT2D eigenvalue weighted by molar-refractivity contribution is 7.85. The predicted octanol–water partition coefficient (Wildman–Crippen LogP) is 3.71. The van der Waals surface area contributed by atoms with Gasteiger partial charge in [0.1, 0.15) is 10.1 Å². The van der Waals surface area contributed by atoms with Gasteiger partial charge in [0, 0.05) is 19.6 Å². The average Bonchev–Trinajstić information content (AvgIpc) is 2.78. The summed E-state index contributed by atoms with van der Waals surface area (Å²) in [6.45, 7) is 3.99. The lowest BCUT2D eigenvalue weighted by Gasteiger charge is -2.17. The summed E-state index contributed by atoms with van der Waals surface area (Å²) in [5, 5.41) is 25.5. The van der Waals surface area contributed by atoms with E-state index in [1.807, 2.05) is 0 Å². The largest absolute Gasteiger partial charge is 0.744 e. The Morgan fingerprint density at radius 1 is 0.727 bits per heavy atom. The molecule has 1 aromatic rings. The lowest BCUT2D eigenvalue weighted by Crippen LogP contribution is -2.32. The van der Waals surface area contributed by atoms with E-state index in [1.54, 1.807) is 23.1 Å². The highest BCUT2D eigenvalue weighted by Gasteiger charge is 2.07. The van der Waals surface area contributed by atoms with Crippen LogP contribution in [-0.2, 0) is 16.5 Å². The zero-order valence-electron chi connectivity index (χ0n) is 20.5. The van der Waals surface area contributed by atoms with E-state index in [0.29, 0.717) is 31.6 Å². The van der Waals surface area contributed by atoms with E-state index < -0.39 is 10.1 Å². The topological polar surface area (TPSA) is 121 Å². The van der Waals surface area contributed by atoms with Gasteiger partial charge in [-0.2, -0.15) is 0 Å². The smallest absolute Gasteiger partial charge is 0.124 e. The Bertz CT molecular complexity index is 654. The van der Waals surface area contributed by atoms with E-state index in [2.05, 4.69) is 6.92 Å². The van der Waals surface area contributed by atoms with Gasteiger partial charge in [-0.25, -0.2) is 8.42 Å². The van der Waals surface area contributed by atoms with Crippen LogP contribution < -0.4 is 0 Å². The van der Waals surface area contributed by atoms with Crippen molar-refractivity contribution in [3.05, 3.63) is 29.8 Å². The highest BCUT2D eigenvalue weighted by Crippen LogP contribution is 2.18. The molecule has 1 aromatic carbocycles. The first-order valence-corrected chi connectivity index (χ1v) is 13.9. The van der Waals surface area contributed by atoms with Crippen LogP contribution in [0.2, 0.25) is 0 Å². The van der Waals surface area contributed by atoms with E-state index >= 15 is 0 Å². The van der Waals surface area contributed by atoms with Gasteiger partial charge in [0.2, 0.25) is 0 Å². The lowest BCUT2D eigenvalue weighted by atomic mass is 10.0. The Morgan fingerprint density at radius 2 is 1.15 bits per heavy atom. The van der Waals surface area contributed by atoms with E-state index in [4.69, 9.17) is 15.3 Å². The molecule has 0 fully saturated rings. The molecule has 194 valence electrons. The zero-order valence-corrected chi connectivity index (χ0v) is 21.3.